The zero-order valence-corrected chi connectivity index (χ0v) is 16.6. The van der Waals surface area contributed by atoms with E-state index in [2.05, 4.69) is 5.32 Å². The number of carboxylic acid groups (broad SMARTS) is 1. The molecule has 1 saturated heterocycles. The quantitative estimate of drug-likeness (QED) is 0.800. The minimum absolute atomic E-state index is 0.114. The number of carbonyl (C=O) groups excluding carboxylic acids is 1. The van der Waals surface area contributed by atoms with Crippen molar-refractivity contribution in [3.63, 3.8) is 0 Å². The smallest absolute Gasteiger partial charge is 0.410 e. The molecule has 0 aromatic heterocycles. The van der Waals surface area contributed by atoms with E-state index in [-0.39, 0.29) is 12.6 Å². The van der Waals surface area contributed by atoms with Gasteiger partial charge in [0.05, 0.1) is 16.0 Å². The fraction of sp³-hybridized carbons (Fsp3) is 0.556. The first-order valence-corrected chi connectivity index (χ1v) is 9.20. The van der Waals surface area contributed by atoms with E-state index in [9.17, 15) is 14.7 Å². The number of carboxylic acids is 1. The van der Waals surface area contributed by atoms with Crippen LogP contribution in [0.15, 0.2) is 18.2 Å². The van der Waals surface area contributed by atoms with Gasteiger partial charge in [-0.3, -0.25) is 4.79 Å². The molecule has 8 heteroatoms. The number of likely N-dealkylation sites (tertiary alicyclic amines) is 1. The summed E-state index contributed by atoms with van der Waals surface area (Å²) < 4.78 is 5.34. The normalized spacial score (nSPS) is 20.7. The molecule has 0 spiro atoms. The van der Waals surface area contributed by atoms with Crippen molar-refractivity contribution in [2.45, 2.75) is 45.4 Å². The predicted octanol–water partition coefficient (Wildman–Crippen LogP) is 3.79. The van der Waals surface area contributed by atoms with Gasteiger partial charge in [-0.1, -0.05) is 29.3 Å². The molecule has 2 N–H and O–H groups in total. The molecule has 1 aliphatic heterocycles. The Morgan fingerprint density at radius 1 is 1.31 bits per heavy atom. The second kappa shape index (κ2) is 8.46. The third-order valence-corrected chi connectivity index (χ3v) is 4.87. The van der Waals surface area contributed by atoms with Crippen molar-refractivity contribution in [1.82, 2.24) is 10.2 Å². The van der Waals surface area contributed by atoms with Crippen LogP contribution in [-0.2, 0) is 16.1 Å². The fourth-order valence-electron chi connectivity index (χ4n) is 2.84. The molecular weight excluding hydrogens is 379 g/mol. The molecule has 26 heavy (non-hydrogen) atoms. The second-order valence-corrected chi connectivity index (χ2v) is 8.21. The lowest BCUT2D eigenvalue weighted by Crippen LogP contribution is -2.54. The fourth-order valence-corrected chi connectivity index (χ4v) is 3.16. The van der Waals surface area contributed by atoms with Crippen molar-refractivity contribution in [3.8, 4) is 0 Å². The Morgan fingerprint density at radius 2 is 2.00 bits per heavy atom. The molecule has 144 valence electrons. The van der Waals surface area contributed by atoms with Crippen molar-refractivity contribution in [1.29, 1.82) is 0 Å². The molecule has 1 aromatic carbocycles. The zero-order chi connectivity index (χ0) is 19.5. The van der Waals surface area contributed by atoms with Gasteiger partial charge in [-0.2, -0.15) is 0 Å². The Kier molecular flexibility index (Phi) is 6.77. The van der Waals surface area contributed by atoms with Crippen molar-refractivity contribution < 1.29 is 19.4 Å². The van der Waals surface area contributed by atoms with Crippen molar-refractivity contribution in [3.05, 3.63) is 33.8 Å². The van der Waals surface area contributed by atoms with Crippen LogP contribution < -0.4 is 5.32 Å². The number of nitrogens with zero attached hydrogens (tertiary/aromatic N) is 1. The van der Waals surface area contributed by atoms with Gasteiger partial charge in [0.2, 0.25) is 0 Å². The monoisotopic (exact) mass is 402 g/mol. The summed E-state index contributed by atoms with van der Waals surface area (Å²) in [6, 6.07) is 5.05. The van der Waals surface area contributed by atoms with Gasteiger partial charge < -0.3 is 20.1 Å². The van der Waals surface area contributed by atoms with E-state index in [1.54, 1.807) is 32.9 Å². The molecule has 1 fully saturated rings. The number of aliphatic carboxylic acids is 1. The Hall–Kier alpha value is -1.50. The highest BCUT2D eigenvalue weighted by atomic mass is 35.5. The van der Waals surface area contributed by atoms with Crippen LogP contribution in [0.4, 0.5) is 4.79 Å². The summed E-state index contributed by atoms with van der Waals surface area (Å²) in [4.78, 5) is 25.3. The summed E-state index contributed by atoms with van der Waals surface area (Å²) in [7, 11) is 0. The minimum atomic E-state index is -0.940. The van der Waals surface area contributed by atoms with Gasteiger partial charge in [0, 0.05) is 25.7 Å². The molecule has 0 saturated carbocycles. The van der Waals surface area contributed by atoms with E-state index >= 15 is 0 Å². The van der Waals surface area contributed by atoms with Gasteiger partial charge in [-0.05, 0) is 44.9 Å². The van der Waals surface area contributed by atoms with Crippen molar-refractivity contribution in [2.24, 2.45) is 5.92 Å². The Bertz CT molecular complexity index is 676. The molecule has 0 radical (unpaired) electrons. The Balaban J connectivity index is 1.98. The van der Waals surface area contributed by atoms with Crippen molar-refractivity contribution in [2.75, 3.05) is 13.1 Å². The van der Waals surface area contributed by atoms with Crippen molar-refractivity contribution >= 4 is 35.3 Å². The van der Waals surface area contributed by atoms with Crippen LogP contribution in [0.5, 0.6) is 0 Å². The SMILES string of the molecule is CC(C)(C)OC(=O)N1CC[C@@H](NCc2ccc(Cl)c(Cl)c2)[C@H](C(=O)O)C1. The molecule has 0 bridgehead atoms. The van der Waals surface area contributed by atoms with Gasteiger partial charge in [0.25, 0.3) is 0 Å². The lowest BCUT2D eigenvalue weighted by atomic mass is 9.92. The minimum Gasteiger partial charge on any atom is -0.481 e. The van der Waals surface area contributed by atoms with Gasteiger partial charge in [-0.15, -0.1) is 0 Å². The second-order valence-electron chi connectivity index (χ2n) is 7.40. The highest BCUT2D eigenvalue weighted by Crippen LogP contribution is 2.24. The molecule has 1 aliphatic rings. The number of amides is 1. The van der Waals surface area contributed by atoms with E-state index in [4.69, 9.17) is 27.9 Å². The number of carbonyl (C=O) groups is 2. The van der Waals surface area contributed by atoms with E-state index in [0.717, 1.165) is 5.56 Å². The molecule has 1 aromatic rings. The molecule has 0 aliphatic carbocycles. The molecule has 1 amide bonds. The predicted molar refractivity (Wildman–Crippen MR) is 101 cm³/mol. The molecule has 6 nitrogen and oxygen atoms in total. The van der Waals surface area contributed by atoms with Gasteiger partial charge >= 0.3 is 12.1 Å². The van der Waals surface area contributed by atoms with Crippen LogP contribution in [0, 0.1) is 5.92 Å². The van der Waals surface area contributed by atoms with Crippen LogP contribution in [0.1, 0.15) is 32.8 Å². The molecule has 1 heterocycles. The average Bonchev–Trinajstić information content (AvgIpc) is 2.54. The maximum atomic E-state index is 12.2. The number of rotatable bonds is 4. The van der Waals surface area contributed by atoms with Crippen LogP contribution in [0.3, 0.4) is 0 Å². The number of piperidine rings is 1. The number of nitrogens with one attached hydrogen (secondary N) is 1. The van der Waals surface area contributed by atoms with E-state index < -0.39 is 23.6 Å². The lowest BCUT2D eigenvalue weighted by Gasteiger charge is -2.37. The highest BCUT2D eigenvalue weighted by molar-refractivity contribution is 6.42. The third-order valence-electron chi connectivity index (χ3n) is 4.13. The van der Waals surface area contributed by atoms with Crippen LogP contribution in [-0.4, -0.2) is 46.8 Å². The summed E-state index contributed by atoms with van der Waals surface area (Å²) in [6.07, 6.45) is 0.0454. The van der Waals surface area contributed by atoms with Gasteiger partial charge in [0.15, 0.2) is 0 Å². The van der Waals surface area contributed by atoms with E-state index in [1.165, 1.54) is 4.90 Å². The number of hydrogen-bond donors (Lipinski definition) is 2. The van der Waals surface area contributed by atoms with E-state index in [0.29, 0.717) is 29.6 Å². The summed E-state index contributed by atoms with van der Waals surface area (Å²) in [5, 5.41) is 13.8. The zero-order valence-electron chi connectivity index (χ0n) is 15.1. The van der Waals surface area contributed by atoms with Crippen LogP contribution in [0.25, 0.3) is 0 Å². The van der Waals surface area contributed by atoms with Crippen LogP contribution in [0.2, 0.25) is 10.0 Å². The Morgan fingerprint density at radius 3 is 2.58 bits per heavy atom. The highest BCUT2D eigenvalue weighted by Gasteiger charge is 2.37. The maximum Gasteiger partial charge on any atom is 0.410 e. The van der Waals surface area contributed by atoms with Gasteiger partial charge in [0.1, 0.15) is 5.60 Å². The number of hydrogen-bond acceptors (Lipinski definition) is 4. The summed E-state index contributed by atoms with van der Waals surface area (Å²) in [6.45, 7) is 6.38. The lowest BCUT2D eigenvalue weighted by molar-refractivity contribution is -0.144. The first kappa shape index (κ1) is 20.8. The molecule has 2 atom stereocenters. The topological polar surface area (TPSA) is 78.9 Å². The largest absolute Gasteiger partial charge is 0.481 e. The maximum absolute atomic E-state index is 12.2. The summed E-state index contributed by atoms with van der Waals surface area (Å²) in [5.41, 5.74) is 0.303. The summed E-state index contributed by atoms with van der Waals surface area (Å²) >= 11 is 11.9. The van der Waals surface area contributed by atoms with E-state index in [1.807, 2.05) is 6.07 Å². The first-order chi connectivity index (χ1) is 12.1. The van der Waals surface area contributed by atoms with Crippen LogP contribution >= 0.6 is 23.2 Å². The number of halogens is 2. The Labute approximate surface area is 163 Å². The number of benzene rings is 1. The standard InChI is InChI=1S/C18H24Cl2N2O4/c1-18(2,3)26-17(25)22-7-6-15(12(10-22)16(23)24)21-9-11-4-5-13(19)14(20)8-11/h4-5,8,12,15,21H,6-7,9-10H2,1-3H3,(H,23,24)/t12-,15-/m1/s1. The molecule has 2 rings (SSSR count). The van der Waals surface area contributed by atoms with Gasteiger partial charge in [-0.25, -0.2) is 4.79 Å². The average molecular weight is 403 g/mol. The molecule has 0 unspecified atom stereocenters. The summed E-state index contributed by atoms with van der Waals surface area (Å²) in [5.74, 6) is -1.65. The first-order valence-electron chi connectivity index (χ1n) is 8.45. The molecular formula is C18H24Cl2N2O4. The number of ether oxygens (including phenoxy) is 1. The third kappa shape index (κ3) is 5.76.